The summed E-state index contributed by atoms with van der Waals surface area (Å²) in [5.41, 5.74) is 8.59. The highest BCUT2D eigenvalue weighted by Crippen LogP contribution is 2.21. The van der Waals surface area contributed by atoms with E-state index in [0.29, 0.717) is 12.1 Å². The molecule has 2 N–H and O–H groups in total. The van der Waals surface area contributed by atoms with Crippen molar-refractivity contribution in [1.29, 1.82) is 0 Å². The lowest BCUT2D eigenvalue weighted by Crippen LogP contribution is -2.45. The van der Waals surface area contributed by atoms with Gasteiger partial charge in [0.2, 0.25) is 0 Å². The van der Waals surface area contributed by atoms with Crippen LogP contribution in [0.4, 0.5) is 0 Å². The van der Waals surface area contributed by atoms with E-state index in [1.54, 1.807) is 6.20 Å². The van der Waals surface area contributed by atoms with Crippen LogP contribution in [0, 0.1) is 0 Å². The second-order valence-electron chi connectivity index (χ2n) is 5.90. The zero-order chi connectivity index (χ0) is 16.4. The van der Waals surface area contributed by atoms with E-state index in [-0.39, 0.29) is 11.9 Å². The molecule has 1 amide bonds. The second kappa shape index (κ2) is 6.84. The molecular weight excluding hydrogens is 356 g/mol. The van der Waals surface area contributed by atoms with Gasteiger partial charge in [-0.1, -0.05) is 22.9 Å². The molecule has 6 heteroatoms. The Kier molecular flexibility index (Phi) is 4.82. The lowest BCUT2D eigenvalue weighted by Gasteiger charge is -2.30. The first-order valence-electron chi connectivity index (χ1n) is 7.98. The van der Waals surface area contributed by atoms with Crippen LogP contribution in [-0.4, -0.2) is 39.7 Å². The van der Waals surface area contributed by atoms with Gasteiger partial charge in [-0.05, 0) is 43.5 Å². The van der Waals surface area contributed by atoms with Crippen molar-refractivity contribution in [3.8, 4) is 5.69 Å². The van der Waals surface area contributed by atoms with Crippen LogP contribution >= 0.6 is 15.9 Å². The number of likely N-dealkylation sites (tertiary alicyclic amines) is 1. The molecule has 2 heterocycles. The van der Waals surface area contributed by atoms with Crippen molar-refractivity contribution in [2.45, 2.75) is 32.2 Å². The van der Waals surface area contributed by atoms with Gasteiger partial charge in [0.15, 0.2) is 0 Å². The van der Waals surface area contributed by atoms with Gasteiger partial charge in [-0.3, -0.25) is 4.79 Å². The normalized spacial score (nSPS) is 18.2. The topological polar surface area (TPSA) is 64.2 Å². The summed E-state index contributed by atoms with van der Waals surface area (Å²) in [5.74, 6) is 0.0420. The maximum atomic E-state index is 12.8. The molecule has 2 aromatic rings. The fourth-order valence-corrected chi connectivity index (χ4v) is 3.33. The summed E-state index contributed by atoms with van der Waals surface area (Å²) in [6, 6.07) is 8.01. The van der Waals surface area contributed by atoms with Gasteiger partial charge in [0.25, 0.3) is 5.91 Å². The van der Waals surface area contributed by atoms with Crippen molar-refractivity contribution in [3.05, 3.63) is 46.2 Å². The van der Waals surface area contributed by atoms with Gasteiger partial charge in [0.05, 0.1) is 23.1 Å². The van der Waals surface area contributed by atoms with E-state index in [4.69, 9.17) is 5.73 Å². The van der Waals surface area contributed by atoms with Gasteiger partial charge in [-0.25, -0.2) is 4.68 Å². The molecule has 1 fully saturated rings. The monoisotopic (exact) mass is 376 g/mol. The third-order valence-corrected chi connectivity index (χ3v) is 4.78. The number of hydrogen-bond donors (Lipinski definition) is 1. The largest absolute Gasteiger partial charge is 0.337 e. The number of aromatic nitrogens is 2. The third-order valence-electron chi connectivity index (χ3n) is 4.25. The molecular formula is C17H21BrN4O. The standard InChI is InChI=1S/C17H21BrN4O/c1-2-16-15(17(23)21-9-3-4-13(19)11-21)10-20-22(16)14-7-5-12(18)6-8-14/h5-8,10,13H,2-4,9,11,19H2,1H3/t13-/m0/s1. The Bertz CT molecular complexity index is 695. The van der Waals surface area contributed by atoms with Crippen LogP contribution in [0.5, 0.6) is 0 Å². The number of halogens is 1. The molecule has 0 spiro atoms. The molecule has 1 aliphatic heterocycles. The summed E-state index contributed by atoms with van der Waals surface area (Å²) in [6.07, 6.45) is 4.39. The Morgan fingerprint density at radius 3 is 2.78 bits per heavy atom. The van der Waals surface area contributed by atoms with Gasteiger partial charge >= 0.3 is 0 Å². The Hall–Kier alpha value is -1.66. The first-order valence-corrected chi connectivity index (χ1v) is 8.77. The predicted molar refractivity (Wildman–Crippen MR) is 93.8 cm³/mol. The fourth-order valence-electron chi connectivity index (χ4n) is 3.06. The number of carbonyl (C=O) groups excluding carboxylic acids is 1. The van der Waals surface area contributed by atoms with Gasteiger partial charge in [0.1, 0.15) is 0 Å². The minimum Gasteiger partial charge on any atom is -0.337 e. The molecule has 0 unspecified atom stereocenters. The van der Waals surface area contributed by atoms with Crippen LogP contribution in [0.2, 0.25) is 0 Å². The number of nitrogens with zero attached hydrogens (tertiary/aromatic N) is 3. The quantitative estimate of drug-likeness (QED) is 0.895. The smallest absolute Gasteiger partial charge is 0.257 e. The van der Waals surface area contributed by atoms with Crippen LogP contribution in [0.1, 0.15) is 35.8 Å². The van der Waals surface area contributed by atoms with Crippen LogP contribution < -0.4 is 5.73 Å². The van der Waals surface area contributed by atoms with E-state index < -0.39 is 0 Å². The average molecular weight is 377 g/mol. The minimum atomic E-state index is 0.0420. The SMILES string of the molecule is CCc1c(C(=O)N2CCC[C@H](N)C2)cnn1-c1ccc(Br)cc1. The van der Waals surface area contributed by atoms with E-state index in [9.17, 15) is 4.79 Å². The summed E-state index contributed by atoms with van der Waals surface area (Å²) in [4.78, 5) is 14.7. The third kappa shape index (κ3) is 3.33. The number of benzene rings is 1. The minimum absolute atomic E-state index is 0.0420. The molecule has 23 heavy (non-hydrogen) atoms. The fraction of sp³-hybridized carbons (Fsp3) is 0.412. The Labute approximate surface area is 144 Å². The summed E-state index contributed by atoms with van der Waals surface area (Å²) >= 11 is 3.44. The van der Waals surface area contributed by atoms with Gasteiger partial charge in [-0.2, -0.15) is 5.10 Å². The van der Waals surface area contributed by atoms with Crippen molar-refractivity contribution < 1.29 is 4.79 Å². The Balaban J connectivity index is 1.91. The average Bonchev–Trinajstić information content (AvgIpc) is 2.98. The van der Waals surface area contributed by atoms with Gasteiger partial charge < -0.3 is 10.6 Å². The number of carbonyl (C=O) groups is 1. The van der Waals surface area contributed by atoms with Crippen LogP contribution in [-0.2, 0) is 6.42 Å². The first-order chi connectivity index (χ1) is 11.1. The van der Waals surface area contributed by atoms with Crippen LogP contribution in [0.3, 0.4) is 0 Å². The lowest BCUT2D eigenvalue weighted by molar-refractivity contribution is 0.0707. The zero-order valence-electron chi connectivity index (χ0n) is 13.2. The summed E-state index contributed by atoms with van der Waals surface area (Å²) in [6.45, 7) is 3.45. The molecule has 5 nitrogen and oxygen atoms in total. The van der Waals surface area contributed by atoms with E-state index in [2.05, 4.69) is 21.0 Å². The Morgan fingerprint density at radius 1 is 1.39 bits per heavy atom. The number of nitrogens with two attached hydrogens (primary N) is 1. The number of amides is 1. The number of piperidine rings is 1. The van der Waals surface area contributed by atoms with Crippen molar-refractivity contribution in [1.82, 2.24) is 14.7 Å². The lowest BCUT2D eigenvalue weighted by atomic mass is 10.1. The highest BCUT2D eigenvalue weighted by molar-refractivity contribution is 9.10. The van der Waals surface area contributed by atoms with Gasteiger partial charge in [-0.15, -0.1) is 0 Å². The summed E-state index contributed by atoms with van der Waals surface area (Å²) < 4.78 is 2.87. The van der Waals surface area contributed by atoms with Crippen LogP contribution in [0.25, 0.3) is 5.69 Å². The molecule has 0 aliphatic carbocycles. The van der Waals surface area contributed by atoms with Crippen molar-refractivity contribution in [2.75, 3.05) is 13.1 Å². The van der Waals surface area contributed by atoms with Crippen molar-refractivity contribution in [3.63, 3.8) is 0 Å². The molecule has 1 aliphatic rings. The maximum absolute atomic E-state index is 12.8. The molecule has 3 rings (SSSR count). The first kappa shape index (κ1) is 16.2. The summed E-state index contributed by atoms with van der Waals surface area (Å²) in [5, 5.41) is 4.44. The molecule has 1 atom stereocenters. The van der Waals surface area contributed by atoms with E-state index >= 15 is 0 Å². The van der Waals surface area contributed by atoms with Crippen molar-refractivity contribution in [2.24, 2.45) is 5.73 Å². The number of rotatable bonds is 3. The molecule has 1 aromatic heterocycles. The predicted octanol–water partition coefficient (Wildman–Crippen LogP) is 2.76. The highest BCUT2D eigenvalue weighted by Gasteiger charge is 2.26. The van der Waals surface area contributed by atoms with Crippen LogP contribution in [0.15, 0.2) is 34.9 Å². The molecule has 1 saturated heterocycles. The summed E-state index contributed by atoms with van der Waals surface area (Å²) in [7, 11) is 0. The van der Waals surface area contributed by atoms with E-state index in [1.807, 2.05) is 40.8 Å². The van der Waals surface area contributed by atoms with E-state index in [0.717, 1.165) is 41.7 Å². The van der Waals surface area contributed by atoms with Gasteiger partial charge in [0, 0.05) is 23.6 Å². The van der Waals surface area contributed by atoms with Crippen molar-refractivity contribution >= 4 is 21.8 Å². The molecule has 0 radical (unpaired) electrons. The second-order valence-corrected chi connectivity index (χ2v) is 6.82. The molecule has 0 saturated carbocycles. The Morgan fingerprint density at radius 2 is 2.13 bits per heavy atom. The molecule has 0 bridgehead atoms. The molecule has 1 aromatic carbocycles. The zero-order valence-corrected chi connectivity index (χ0v) is 14.8. The maximum Gasteiger partial charge on any atom is 0.257 e. The highest BCUT2D eigenvalue weighted by atomic mass is 79.9. The van der Waals surface area contributed by atoms with E-state index in [1.165, 1.54) is 0 Å². The number of hydrogen-bond acceptors (Lipinski definition) is 3. The molecule has 122 valence electrons.